The van der Waals surface area contributed by atoms with Crippen molar-refractivity contribution >= 4 is 11.8 Å². The molecule has 0 radical (unpaired) electrons. The van der Waals surface area contributed by atoms with Gasteiger partial charge in [0.05, 0.1) is 24.8 Å². The molecule has 2 aliphatic heterocycles. The maximum atomic E-state index is 12.1. The van der Waals surface area contributed by atoms with E-state index < -0.39 is 0 Å². The first-order valence-electron chi connectivity index (χ1n) is 7.43. The van der Waals surface area contributed by atoms with Crippen LogP contribution < -0.4 is 5.48 Å². The van der Waals surface area contributed by atoms with Gasteiger partial charge in [-0.15, -0.1) is 0 Å². The van der Waals surface area contributed by atoms with Crippen LogP contribution in [0.2, 0.25) is 0 Å². The Balaban J connectivity index is 1.49. The highest BCUT2D eigenvalue weighted by molar-refractivity contribution is 5.88. The van der Waals surface area contributed by atoms with E-state index in [0.29, 0.717) is 26.3 Å². The molecule has 2 saturated heterocycles. The highest BCUT2D eigenvalue weighted by atomic mass is 16.7. The van der Waals surface area contributed by atoms with Gasteiger partial charge in [0.25, 0.3) is 0 Å². The highest BCUT2D eigenvalue weighted by Crippen LogP contribution is 2.20. The van der Waals surface area contributed by atoms with Crippen molar-refractivity contribution in [3.05, 3.63) is 30.1 Å². The lowest BCUT2D eigenvalue weighted by Crippen LogP contribution is -2.36. The number of hydrogen-bond donors (Lipinski definition) is 1. The number of nitrogens with zero attached hydrogens (tertiary/aromatic N) is 2. The zero-order valence-electron chi connectivity index (χ0n) is 12.2. The standard InChI is InChI=1S/C15H19N3O4/c19-14-7-11(15(20)17-22-13-4-6-21-10-13)8-18(14)9-12-3-1-2-5-16-12/h1-3,5,11,13H,4,6-10H2,(H,17,20). The molecule has 0 aromatic carbocycles. The van der Waals surface area contributed by atoms with Gasteiger partial charge in [-0.1, -0.05) is 6.07 Å². The summed E-state index contributed by atoms with van der Waals surface area (Å²) in [6, 6.07) is 5.57. The van der Waals surface area contributed by atoms with Crippen molar-refractivity contribution in [2.24, 2.45) is 5.92 Å². The van der Waals surface area contributed by atoms with Crippen LogP contribution >= 0.6 is 0 Å². The molecule has 0 saturated carbocycles. The van der Waals surface area contributed by atoms with Crippen molar-refractivity contribution < 1.29 is 19.2 Å². The van der Waals surface area contributed by atoms with Crippen LogP contribution in [0.3, 0.4) is 0 Å². The van der Waals surface area contributed by atoms with Gasteiger partial charge >= 0.3 is 0 Å². The third-order valence-electron chi connectivity index (χ3n) is 3.88. The number of ether oxygens (including phenoxy) is 1. The lowest BCUT2D eigenvalue weighted by Gasteiger charge is -2.16. The van der Waals surface area contributed by atoms with Crippen molar-refractivity contribution in [3.8, 4) is 0 Å². The minimum absolute atomic E-state index is 0.0324. The van der Waals surface area contributed by atoms with Gasteiger partial charge in [0.2, 0.25) is 11.8 Å². The van der Waals surface area contributed by atoms with Gasteiger partial charge in [-0.2, -0.15) is 0 Å². The number of carbonyl (C=O) groups is 2. The number of hydrogen-bond acceptors (Lipinski definition) is 5. The molecular formula is C15H19N3O4. The minimum atomic E-state index is -0.376. The van der Waals surface area contributed by atoms with E-state index in [2.05, 4.69) is 10.5 Å². The van der Waals surface area contributed by atoms with Gasteiger partial charge in [0.1, 0.15) is 6.10 Å². The quantitative estimate of drug-likeness (QED) is 0.790. The molecule has 2 amide bonds. The van der Waals surface area contributed by atoms with Crippen molar-refractivity contribution in [1.29, 1.82) is 0 Å². The van der Waals surface area contributed by atoms with E-state index >= 15 is 0 Å². The third kappa shape index (κ3) is 3.61. The van der Waals surface area contributed by atoms with Gasteiger partial charge < -0.3 is 9.64 Å². The van der Waals surface area contributed by atoms with E-state index in [9.17, 15) is 9.59 Å². The SMILES string of the molecule is O=C(NOC1CCOC1)C1CC(=O)N(Cc2ccccn2)C1. The molecule has 2 atom stereocenters. The molecule has 7 nitrogen and oxygen atoms in total. The lowest BCUT2D eigenvalue weighted by molar-refractivity contribution is -0.142. The molecule has 1 aromatic heterocycles. The van der Waals surface area contributed by atoms with Gasteiger partial charge in [-0.05, 0) is 12.1 Å². The first-order chi connectivity index (χ1) is 10.7. The predicted octanol–water partition coefficient (Wildman–Crippen LogP) is 0.267. The maximum Gasteiger partial charge on any atom is 0.248 e. The Kier molecular flexibility index (Phi) is 4.65. The van der Waals surface area contributed by atoms with Crippen molar-refractivity contribution in [1.82, 2.24) is 15.4 Å². The Labute approximate surface area is 128 Å². The van der Waals surface area contributed by atoms with Crippen LogP contribution in [0, 0.1) is 5.92 Å². The molecule has 3 rings (SSSR count). The normalized spacial score (nSPS) is 24.7. The zero-order chi connectivity index (χ0) is 15.4. The average Bonchev–Trinajstić information content (AvgIpc) is 3.16. The molecule has 118 valence electrons. The molecule has 2 aliphatic rings. The Bertz CT molecular complexity index is 531. The fourth-order valence-electron chi connectivity index (χ4n) is 2.62. The second-order valence-electron chi connectivity index (χ2n) is 5.57. The molecule has 1 aromatic rings. The van der Waals surface area contributed by atoms with Crippen LogP contribution in [0.5, 0.6) is 0 Å². The molecule has 2 unspecified atom stereocenters. The van der Waals surface area contributed by atoms with Crippen LogP contribution in [-0.2, 0) is 25.7 Å². The van der Waals surface area contributed by atoms with Gasteiger partial charge in [-0.25, -0.2) is 5.48 Å². The van der Waals surface area contributed by atoms with Gasteiger partial charge in [0, 0.05) is 32.2 Å². The minimum Gasteiger partial charge on any atom is -0.379 e. The summed E-state index contributed by atoms with van der Waals surface area (Å²) in [5.41, 5.74) is 3.27. The molecule has 1 N–H and O–H groups in total. The predicted molar refractivity (Wildman–Crippen MR) is 76.2 cm³/mol. The number of likely N-dealkylation sites (tertiary alicyclic amines) is 1. The summed E-state index contributed by atoms with van der Waals surface area (Å²) >= 11 is 0. The summed E-state index contributed by atoms with van der Waals surface area (Å²) in [5, 5.41) is 0. The first-order valence-corrected chi connectivity index (χ1v) is 7.43. The zero-order valence-corrected chi connectivity index (χ0v) is 12.2. The van der Waals surface area contributed by atoms with Crippen molar-refractivity contribution in [2.45, 2.75) is 25.5 Å². The molecule has 0 spiro atoms. The summed E-state index contributed by atoms with van der Waals surface area (Å²) in [5.74, 6) is -0.655. The van der Waals surface area contributed by atoms with Crippen molar-refractivity contribution in [3.63, 3.8) is 0 Å². The van der Waals surface area contributed by atoms with Crippen LogP contribution in [0.4, 0.5) is 0 Å². The van der Waals surface area contributed by atoms with Crippen molar-refractivity contribution in [2.75, 3.05) is 19.8 Å². The topological polar surface area (TPSA) is 80.8 Å². The van der Waals surface area contributed by atoms with Crippen LogP contribution in [-0.4, -0.2) is 47.6 Å². The summed E-state index contributed by atoms with van der Waals surface area (Å²) in [6.45, 7) is 1.97. The Morgan fingerprint density at radius 2 is 2.41 bits per heavy atom. The number of rotatable bonds is 5. The smallest absolute Gasteiger partial charge is 0.248 e. The number of amides is 2. The van der Waals surface area contributed by atoms with E-state index in [1.807, 2.05) is 18.2 Å². The molecule has 22 heavy (non-hydrogen) atoms. The molecule has 2 fully saturated rings. The van der Waals surface area contributed by atoms with E-state index in [0.717, 1.165) is 12.1 Å². The summed E-state index contributed by atoms with van der Waals surface area (Å²) < 4.78 is 5.17. The Hall–Kier alpha value is -1.99. The lowest BCUT2D eigenvalue weighted by atomic mass is 10.1. The monoisotopic (exact) mass is 305 g/mol. The van der Waals surface area contributed by atoms with Gasteiger partial charge in [-0.3, -0.25) is 19.4 Å². The maximum absolute atomic E-state index is 12.1. The molecule has 0 bridgehead atoms. The Morgan fingerprint density at radius 1 is 1.50 bits per heavy atom. The second kappa shape index (κ2) is 6.85. The second-order valence-corrected chi connectivity index (χ2v) is 5.57. The fraction of sp³-hybridized carbons (Fsp3) is 0.533. The third-order valence-corrected chi connectivity index (χ3v) is 3.88. The van der Waals surface area contributed by atoms with E-state index in [-0.39, 0.29) is 30.3 Å². The summed E-state index contributed by atoms with van der Waals surface area (Å²) in [7, 11) is 0. The van der Waals surface area contributed by atoms with E-state index in [1.54, 1.807) is 11.1 Å². The Morgan fingerprint density at radius 3 is 3.14 bits per heavy atom. The number of carbonyl (C=O) groups excluding carboxylic acids is 2. The highest BCUT2D eigenvalue weighted by Gasteiger charge is 2.35. The number of hydroxylamine groups is 1. The molecular weight excluding hydrogens is 286 g/mol. The summed E-state index contributed by atoms with van der Waals surface area (Å²) in [4.78, 5) is 35.2. The van der Waals surface area contributed by atoms with Crippen LogP contribution in [0.25, 0.3) is 0 Å². The molecule has 7 heteroatoms. The number of aromatic nitrogens is 1. The molecule has 3 heterocycles. The van der Waals surface area contributed by atoms with Crippen LogP contribution in [0.15, 0.2) is 24.4 Å². The molecule has 0 aliphatic carbocycles. The van der Waals surface area contributed by atoms with E-state index in [1.165, 1.54) is 0 Å². The van der Waals surface area contributed by atoms with E-state index in [4.69, 9.17) is 9.57 Å². The number of nitrogens with one attached hydrogen (secondary N) is 1. The van der Waals surface area contributed by atoms with Crippen LogP contribution in [0.1, 0.15) is 18.5 Å². The first kappa shape index (κ1) is 14.9. The summed E-state index contributed by atoms with van der Waals surface area (Å²) in [6.07, 6.45) is 2.59. The van der Waals surface area contributed by atoms with Gasteiger partial charge in [0.15, 0.2) is 0 Å². The average molecular weight is 305 g/mol. The number of pyridine rings is 1. The largest absolute Gasteiger partial charge is 0.379 e. The fourth-order valence-corrected chi connectivity index (χ4v) is 2.62.